The number of hydrogen-bond acceptors (Lipinski definition) is 9. The number of carboxylic acid groups (broad SMARTS) is 2. The average molecular weight is 453 g/mol. The highest BCUT2D eigenvalue weighted by molar-refractivity contribution is 5.96. The van der Waals surface area contributed by atoms with Crippen LogP contribution < -0.4 is 21.7 Å². The van der Waals surface area contributed by atoms with Gasteiger partial charge >= 0.3 is 11.9 Å². The summed E-state index contributed by atoms with van der Waals surface area (Å²) in [7, 11) is 1.86. The smallest absolute Gasteiger partial charge is 0.326 e. The minimum atomic E-state index is -1.29. The first kappa shape index (κ1) is 23.2. The number of nitrogens with zero attached hydrogens (tertiary/aromatic N) is 4. The van der Waals surface area contributed by atoms with Crippen molar-refractivity contribution in [3.8, 4) is 0 Å². The molecule has 0 saturated heterocycles. The van der Waals surface area contributed by atoms with Crippen molar-refractivity contribution in [2.45, 2.75) is 25.4 Å². The second kappa shape index (κ2) is 9.77. The number of aromatic nitrogens is 3. The van der Waals surface area contributed by atoms with Crippen LogP contribution >= 0.6 is 0 Å². The third-order valence-corrected chi connectivity index (χ3v) is 4.91. The zero-order valence-electron chi connectivity index (χ0n) is 17.7. The van der Waals surface area contributed by atoms with Gasteiger partial charge in [0.05, 0.1) is 17.3 Å². The van der Waals surface area contributed by atoms with E-state index in [1.165, 1.54) is 0 Å². The number of amides is 1. The third kappa shape index (κ3) is 5.81. The van der Waals surface area contributed by atoms with Gasteiger partial charge in [0.1, 0.15) is 11.9 Å². The van der Waals surface area contributed by atoms with Gasteiger partial charge in [-0.2, -0.15) is 9.97 Å². The van der Waals surface area contributed by atoms with Crippen LogP contribution in [0.15, 0.2) is 36.5 Å². The van der Waals surface area contributed by atoms with Crippen molar-refractivity contribution in [3.05, 3.63) is 47.7 Å². The summed E-state index contributed by atoms with van der Waals surface area (Å²) in [6, 6.07) is 7.15. The number of nitrogens with two attached hydrogens (primary N) is 2. The van der Waals surface area contributed by atoms with Gasteiger partial charge in [-0.1, -0.05) is 12.1 Å². The lowest BCUT2D eigenvalue weighted by atomic mass is 10.1. The predicted octanol–water partition coefficient (Wildman–Crippen LogP) is 0.873. The number of nitrogen functional groups attached to an aromatic ring is 2. The highest BCUT2D eigenvalue weighted by Gasteiger charge is 2.21. The standard InChI is InChI=1S/C21H23N7O5/c1-28(13-8-14-17(22)26-21(23)27-18(14)24-9-13)10-11-2-4-12(5-3-11)19(31)25-15(20(32)33)6-7-16(29)30/h2-5,8-9,15H,6-7,10H2,1H3,(H,25,31)(H,29,30)(H,32,33)(H4,22,23,24,26,27). The number of carbonyl (C=O) groups excluding carboxylic acids is 1. The van der Waals surface area contributed by atoms with Crippen LogP contribution in [0, 0.1) is 0 Å². The molecule has 0 aliphatic rings. The van der Waals surface area contributed by atoms with E-state index in [0.29, 0.717) is 17.6 Å². The highest BCUT2D eigenvalue weighted by atomic mass is 16.4. The molecule has 7 N–H and O–H groups in total. The van der Waals surface area contributed by atoms with Crippen LogP contribution in [0.2, 0.25) is 0 Å². The van der Waals surface area contributed by atoms with Crippen LogP contribution in [0.25, 0.3) is 11.0 Å². The first-order chi connectivity index (χ1) is 15.6. The molecule has 2 aromatic heterocycles. The Morgan fingerprint density at radius 1 is 1.12 bits per heavy atom. The summed E-state index contributed by atoms with van der Waals surface area (Å²) in [5, 5.41) is 20.8. The molecule has 0 radical (unpaired) electrons. The fourth-order valence-corrected chi connectivity index (χ4v) is 3.14. The van der Waals surface area contributed by atoms with E-state index in [4.69, 9.17) is 16.6 Å². The fraction of sp³-hybridized carbons (Fsp3) is 0.238. The van der Waals surface area contributed by atoms with Crippen molar-refractivity contribution in [2.75, 3.05) is 23.4 Å². The molecule has 3 rings (SSSR count). The molecule has 0 spiro atoms. The van der Waals surface area contributed by atoms with Crippen molar-refractivity contribution < 1.29 is 24.6 Å². The van der Waals surface area contributed by atoms with Gasteiger partial charge in [-0.15, -0.1) is 0 Å². The molecule has 172 valence electrons. The molecule has 1 aromatic carbocycles. The van der Waals surface area contributed by atoms with E-state index in [1.807, 2.05) is 18.0 Å². The molecule has 1 amide bonds. The number of hydrogen-bond donors (Lipinski definition) is 5. The Morgan fingerprint density at radius 3 is 2.45 bits per heavy atom. The van der Waals surface area contributed by atoms with Crippen molar-refractivity contribution in [3.63, 3.8) is 0 Å². The lowest BCUT2D eigenvalue weighted by molar-refractivity contribution is -0.140. The first-order valence-electron chi connectivity index (χ1n) is 9.88. The number of pyridine rings is 1. The zero-order valence-corrected chi connectivity index (χ0v) is 17.7. The van der Waals surface area contributed by atoms with Crippen LogP contribution in [-0.2, 0) is 16.1 Å². The van der Waals surface area contributed by atoms with Crippen molar-refractivity contribution >= 4 is 46.3 Å². The molecule has 12 nitrogen and oxygen atoms in total. The quantitative estimate of drug-likeness (QED) is 0.308. The molecule has 2 heterocycles. The van der Waals surface area contributed by atoms with E-state index in [-0.39, 0.29) is 30.2 Å². The maximum Gasteiger partial charge on any atom is 0.326 e. The fourth-order valence-electron chi connectivity index (χ4n) is 3.14. The summed E-state index contributed by atoms with van der Waals surface area (Å²) in [6.07, 6.45) is 1.07. The molecule has 12 heteroatoms. The van der Waals surface area contributed by atoms with E-state index in [1.54, 1.807) is 30.5 Å². The molecule has 0 fully saturated rings. The van der Waals surface area contributed by atoms with E-state index < -0.39 is 23.9 Å². The number of carbonyl (C=O) groups is 3. The molecule has 0 aliphatic heterocycles. The van der Waals surface area contributed by atoms with Crippen LogP contribution in [0.3, 0.4) is 0 Å². The van der Waals surface area contributed by atoms with Gasteiger partial charge in [0.25, 0.3) is 5.91 Å². The topological polar surface area (TPSA) is 198 Å². The molecule has 3 aromatic rings. The van der Waals surface area contributed by atoms with E-state index in [2.05, 4.69) is 20.3 Å². The number of fused-ring (bicyclic) bond motifs is 1. The van der Waals surface area contributed by atoms with Crippen molar-refractivity contribution in [1.82, 2.24) is 20.3 Å². The van der Waals surface area contributed by atoms with Crippen LogP contribution in [0.5, 0.6) is 0 Å². The summed E-state index contributed by atoms with van der Waals surface area (Å²) in [5.74, 6) is -2.74. The molecule has 0 saturated carbocycles. The monoisotopic (exact) mass is 453 g/mol. The summed E-state index contributed by atoms with van der Waals surface area (Å²) >= 11 is 0. The summed E-state index contributed by atoms with van der Waals surface area (Å²) in [5.41, 5.74) is 13.8. The molecule has 1 unspecified atom stereocenters. The Bertz CT molecular complexity index is 1200. The van der Waals surface area contributed by atoms with Crippen LogP contribution in [0.4, 0.5) is 17.5 Å². The Balaban J connectivity index is 1.67. The van der Waals surface area contributed by atoms with Gasteiger partial charge in [-0.05, 0) is 30.2 Å². The SMILES string of the molecule is CN(Cc1ccc(C(=O)NC(CCC(=O)O)C(=O)O)cc1)c1cnc2nc(N)nc(N)c2c1. The summed E-state index contributed by atoms with van der Waals surface area (Å²) < 4.78 is 0. The van der Waals surface area contributed by atoms with Gasteiger partial charge < -0.3 is 31.9 Å². The first-order valence-corrected chi connectivity index (χ1v) is 9.88. The van der Waals surface area contributed by atoms with Crippen molar-refractivity contribution in [1.29, 1.82) is 0 Å². The lowest BCUT2D eigenvalue weighted by Crippen LogP contribution is -2.41. The lowest BCUT2D eigenvalue weighted by Gasteiger charge is -2.20. The number of rotatable bonds is 9. The molecule has 0 aliphatic carbocycles. The van der Waals surface area contributed by atoms with Gasteiger partial charge in [0.15, 0.2) is 5.65 Å². The van der Waals surface area contributed by atoms with Gasteiger partial charge in [0, 0.05) is 25.6 Å². The van der Waals surface area contributed by atoms with Gasteiger partial charge in [0.2, 0.25) is 5.95 Å². The van der Waals surface area contributed by atoms with Gasteiger partial charge in [-0.25, -0.2) is 9.78 Å². The summed E-state index contributed by atoms with van der Waals surface area (Å²) in [6.45, 7) is 0.487. The molecule has 33 heavy (non-hydrogen) atoms. The molecule has 0 bridgehead atoms. The zero-order chi connectivity index (χ0) is 24.1. The normalized spacial score (nSPS) is 11.7. The maximum atomic E-state index is 12.4. The minimum absolute atomic E-state index is 0.0503. The average Bonchev–Trinajstić information content (AvgIpc) is 2.76. The number of benzene rings is 1. The third-order valence-electron chi connectivity index (χ3n) is 4.91. The van der Waals surface area contributed by atoms with E-state index in [9.17, 15) is 19.5 Å². The Morgan fingerprint density at radius 2 is 1.82 bits per heavy atom. The second-order valence-corrected chi connectivity index (χ2v) is 7.38. The Labute approximate surface area is 188 Å². The number of aliphatic carboxylic acids is 2. The van der Waals surface area contributed by atoms with E-state index >= 15 is 0 Å². The van der Waals surface area contributed by atoms with Crippen LogP contribution in [0.1, 0.15) is 28.8 Å². The van der Waals surface area contributed by atoms with Gasteiger partial charge in [-0.3, -0.25) is 9.59 Å². The van der Waals surface area contributed by atoms with Crippen LogP contribution in [-0.4, -0.2) is 56.1 Å². The summed E-state index contributed by atoms with van der Waals surface area (Å²) in [4.78, 5) is 48.5. The molecular formula is C21H23N7O5. The Hall–Kier alpha value is -4.48. The number of anilines is 3. The number of carboxylic acids is 2. The maximum absolute atomic E-state index is 12.4. The Kier molecular flexibility index (Phi) is 6.86. The second-order valence-electron chi connectivity index (χ2n) is 7.38. The minimum Gasteiger partial charge on any atom is -0.481 e. The molecule has 1 atom stereocenters. The molecular weight excluding hydrogens is 430 g/mol. The predicted molar refractivity (Wildman–Crippen MR) is 120 cm³/mol. The number of nitrogens with one attached hydrogen (secondary N) is 1. The highest BCUT2D eigenvalue weighted by Crippen LogP contribution is 2.23. The van der Waals surface area contributed by atoms with Crippen molar-refractivity contribution in [2.24, 2.45) is 0 Å². The largest absolute Gasteiger partial charge is 0.481 e. The van der Waals surface area contributed by atoms with E-state index in [0.717, 1.165) is 11.3 Å².